The van der Waals surface area contributed by atoms with Gasteiger partial charge in [-0.15, -0.1) is 11.3 Å². The van der Waals surface area contributed by atoms with Crippen LogP contribution in [0.5, 0.6) is 0 Å². The summed E-state index contributed by atoms with van der Waals surface area (Å²) in [4.78, 5) is 14.5. The Morgan fingerprint density at radius 1 is 1.37 bits per heavy atom. The van der Waals surface area contributed by atoms with Crippen molar-refractivity contribution >= 4 is 27.4 Å². The fraction of sp³-hybridized carbons (Fsp3) is 0.538. The van der Waals surface area contributed by atoms with Crippen LogP contribution in [0.2, 0.25) is 0 Å². The molecule has 19 heavy (non-hydrogen) atoms. The monoisotopic (exact) mass is 277 g/mol. The average molecular weight is 277 g/mol. The lowest BCUT2D eigenvalue weighted by Crippen LogP contribution is -2.52. The number of hydrogen-bond donors (Lipinski definition) is 1. The number of anilines is 1. The van der Waals surface area contributed by atoms with Crippen LogP contribution in [0.25, 0.3) is 10.2 Å². The van der Waals surface area contributed by atoms with Crippen LogP contribution >= 0.6 is 11.3 Å². The van der Waals surface area contributed by atoms with Gasteiger partial charge in [0.1, 0.15) is 17.0 Å². The van der Waals surface area contributed by atoms with Crippen molar-refractivity contribution in [2.24, 2.45) is 0 Å². The van der Waals surface area contributed by atoms with E-state index in [0.717, 1.165) is 42.2 Å². The van der Waals surface area contributed by atoms with Gasteiger partial charge in [0.15, 0.2) is 0 Å². The highest BCUT2D eigenvalue weighted by Crippen LogP contribution is 2.23. The Hall–Kier alpha value is -1.24. The molecule has 2 aromatic heterocycles. The number of fused-ring (bicyclic) bond motifs is 1. The smallest absolute Gasteiger partial charge is 0.138 e. The van der Waals surface area contributed by atoms with E-state index in [-0.39, 0.29) is 0 Å². The van der Waals surface area contributed by atoms with Crippen molar-refractivity contribution in [2.75, 3.05) is 45.6 Å². The van der Waals surface area contributed by atoms with Crippen LogP contribution in [-0.4, -0.2) is 66.1 Å². The highest BCUT2D eigenvalue weighted by Gasteiger charge is 2.22. The molecule has 1 aliphatic rings. The maximum atomic E-state index is 4.36. The van der Waals surface area contributed by atoms with Crippen LogP contribution < -0.4 is 5.32 Å². The number of likely N-dealkylation sites (N-methyl/N-ethyl adjacent to an activating group) is 2. The summed E-state index contributed by atoms with van der Waals surface area (Å²) in [5.74, 6) is 0.952. The summed E-state index contributed by atoms with van der Waals surface area (Å²) in [5.41, 5.74) is 0. The van der Waals surface area contributed by atoms with Gasteiger partial charge >= 0.3 is 0 Å². The molecular weight excluding hydrogens is 258 g/mol. The van der Waals surface area contributed by atoms with Crippen LogP contribution in [0.15, 0.2) is 17.8 Å². The zero-order chi connectivity index (χ0) is 13.2. The molecule has 1 fully saturated rings. The number of rotatable bonds is 3. The molecule has 2 aromatic rings. The topological polar surface area (TPSA) is 44.3 Å². The third-order valence-electron chi connectivity index (χ3n) is 3.75. The second kappa shape index (κ2) is 5.40. The molecule has 1 aliphatic heterocycles. The van der Waals surface area contributed by atoms with Crippen molar-refractivity contribution in [2.45, 2.75) is 6.04 Å². The first-order valence-corrected chi connectivity index (χ1v) is 7.43. The van der Waals surface area contributed by atoms with E-state index in [1.807, 2.05) is 0 Å². The molecule has 0 aromatic carbocycles. The van der Waals surface area contributed by atoms with E-state index in [2.05, 4.69) is 50.6 Å². The predicted octanol–water partition coefficient (Wildman–Crippen LogP) is 1.35. The summed E-state index contributed by atoms with van der Waals surface area (Å²) in [6.45, 7) is 4.29. The van der Waals surface area contributed by atoms with Crippen LogP contribution in [0.1, 0.15) is 0 Å². The lowest BCUT2D eigenvalue weighted by atomic mass is 10.2. The summed E-state index contributed by atoms with van der Waals surface area (Å²) in [5, 5.41) is 6.67. The van der Waals surface area contributed by atoms with Gasteiger partial charge in [-0.05, 0) is 25.5 Å². The van der Waals surface area contributed by atoms with Crippen molar-refractivity contribution in [3.8, 4) is 0 Å². The Balaban J connectivity index is 1.70. The van der Waals surface area contributed by atoms with Gasteiger partial charge in [0.05, 0.1) is 5.39 Å². The van der Waals surface area contributed by atoms with Gasteiger partial charge < -0.3 is 10.2 Å². The molecule has 3 rings (SSSR count). The van der Waals surface area contributed by atoms with Gasteiger partial charge in [0.2, 0.25) is 0 Å². The molecule has 0 radical (unpaired) electrons. The van der Waals surface area contributed by atoms with Crippen LogP contribution in [0.4, 0.5) is 5.82 Å². The maximum Gasteiger partial charge on any atom is 0.138 e. The van der Waals surface area contributed by atoms with Crippen molar-refractivity contribution in [1.29, 1.82) is 0 Å². The van der Waals surface area contributed by atoms with Crippen molar-refractivity contribution < 1.29 is 0 Å². The first-order chi connectivity index (χ1) is 9.24. The Bertz CT molecular complexity index is 555. The first-order valence-electron chi connectivity index (χ1n) is 6.55. The predicted molar refractivity (Wildman–Crippen MR) is 79.8 cm³/mol. The normalized spacial score (nSPS) is 21.9. The molecule has 3 heterocycles. The number of nitrogens with one attached hydrogen (secondary N) is 1. The molecule has 0 amide bonds. The minimum Gasteiger partial charge on any atom is -0.368 e. The van der Waals surface area contributed by atoms with E-state index in [0.29, 0.717) is 6.04 Å². The third-order valence-corrected chi connectivity index (χ3v) is 4.57. The molecule has 0 aliphatic carbocycles. The minimum absolute atomic E-state index is 0.530. The second-order valence-corrected chi connectivity index (χ2v) is 6.03. The Morgan fingerprint density at radius 2 is 2.26 bits per heavy atom. The number of nitrogens with zero attached hydrogens (tertiary/aromatic N) is 4. The van der Waals surface area contributed by atoms with Gasteiger partial charge in [-0.3, -0.25) is 4.90 Å². The van der Waals surface area contributed by atoms with Gasteiger partial charge in [-0.25, -0.2) is 9.97 Å². The highest BCUT2D eigenvalue weighted by molar-refractivity contribution is 7.16. The van der Waals surface area contributed by atoms with Gasteiger partial charge in [0, 0.05) is 32.2 Å². The molecule has 1 saturated heterocycles. The molecule has 5 nitrogen and oxygen atoms in total. The quantitative estimate of drug-likeness (QED) is 0.917. The van der Waals surface area contributed by atoms with E-state index in [9.17, 15) is 0 Å². The highest BCUT2D eigenvalue weighted by atomic mass is 32.1. The first kappa shape index (κ1) is 12.8. The average Bonchev–Trinajstić information content (AvgIpc) is 2.88. The zero-order valence-corrected chi connectivity index (χ0v) is 12.2. The van der Waals surface area contributed by atoms with E-state index in [1.165, 1.54) is 0 Å². The molecule has 1 atom stereocenters. The molecule has 1 N–H and O–H groups in total. The van der Waals surface area contributed by atoms with Crippen molar-refractivity contribution in [3.05, 3.63) is 17.8 Å². The van der Waals surface area contributed by atoms with E-state index in [4.69, 9.17) is 0 Å². The van der Waals surface area contributed by atoms with Crippen molar-refractivity contribution in [3.63, 3.8) is 0 Å². The summed E-state index contributed by atoms with van der Waals surface area (Å²) in [7, 11) is 4.38. The van der Waals surface area contributed by atoms with Gasteiger partial charge in [-0.1, -0.05) is 0 Å². The number of piperazine rings is 1. The van der Waals surface area contributed by atoms with E-state index >= 15 is 0 Å². The Kier molecular flexibility index (Phi) is 3.63. The summed E-state index contributed by atoms with van der Waals surface area (Å²) in [6, 6.07) is 2.61. The van der Waals surface area contributed by atoms with Gasteiger partial charge in [0.25, 0.3) is 0 Å². The fourth-order valence-electron chi connectivity index (χ4n) is 2.47. The van der Waals surface area contributed by atoms with Crippen LogP contribution in [0.3, 0.4) is 0 Å². The summed E-state index contributed by atoms with van der Waals surface area (Å²) in [6.07, 6.45) is 1.64. The standard InChI is InChI=1S/C13H19N5S/c1-17-4-5-18(2)10(8-17)7-14-12-11-3-6-19-13(11)16-9-15-12/h3,6,9-10H,4-5,7-8H2,1-2H3,(H,14,15,16). The number of thiophene rings is 1. The third kappa shape index (κ3) is 2.70. The molecule has 6 heteroatoms. The fourth-order valence-corrected chi connectivity index (χ4v) is 3.20. The van der Waals surface area contributed by atoms with Crippen LogP contribution in [0, 0.1) is 0 Å². The van der Waals surface area contributed by atoms with Crippen LogP contribution in [-0.2, 0) is 0 Å². The molecular formula is C13H19N5S. The van der Waals surface area contributed by atoms with E-state index < -0.39 is 0 Å². The molecule has 0 bridgehead atoms. The number of hydrogen-bond acceptors (Lipinski definition) is 6. The number of aromatic nitrogens is 2. The molecule has 0 saturated carbocycles. The SMILES string of the molecule is CN1CCN(C)C(CNc2ncnc3sccc23)C1. The lowest BCUT2D eigenvalue weighted by molar-refractivity contribution is 0.122. The zero-order valence-electron chi connectivity index (χ0n) is 11.3. The maximum absolute atomic E-state index is 4.36. The largest absolute Gasteiger partial charge is 0.368 e. The molecule has 0 spiro atoms. The van der Waals surface area contributed by atoms with E-state index in [1.54, 1.807) is 17.7 Å². The minimum atomic E-state index is 0.530. The second-order valence-electron chi connectivity index (χ2n) is 5.14. The van der Waals surface area contributed by atoms with Gasteiger partial charge in [-0.2, -0.15) is 0 Å². The van der Waals surface area contributed by atoms with Crippen molar-refractivity contribution in [1.82, 2.24) is 19.8 Å². The Labute approximate surface area is 117 Å². The molecule has 102 valence electrons. The lowest BCUT2D eigenvalue weighted by Gasteiger charge is -2.37. The molecule has 1 unspecified atom stereocenters. The summed E-state index contributed by atoms with van der Waals surface area (Å²) >= 11 is 1.65. The Morgan fingerprint density at radius 3 is 3.16 bits per heavy atom. The summed E-state index contributed by atoms with van der Waals surface area (Å²) < 4.78 is 0.